The summed E-state index contributed by atoms with van der Waals surface area (Å²) in [6, 6.07) is 7.90. The monoisotopic (exact) mass is 274 g/mol. The lowest BCUT2D eigenvalue weighted by Crippen LogP contribution is -2.12. The van der Waals surface area contributed by atoms with Crippen LogP contribution in [0, 0.1) is 0 Å². The van der Waals surface area contributed by atoms with E-state index < -0.39 is 5.91 Å². The van der Waals surface area contributed by atoms with E-state index in [1.165, 1.54) is 6.20 Å². The van der Waals surface area contributed by atoms with Crippen molar-refractivity contribution in [2.75, 3.05) is 0 Å². The molecule has 0 fully saturated rings. The Morgan fingerprint density at radius 3 is 2.42 bits per heavy atom. The summed E-state index contributed by atoms with van der Waals surface area (Å²) < 4.78 is 5.51. The van der Waals surface area contributed by atoms with E-state index in [4.69, 9.17) is 28.4 Å². The van der Waals surface area contributed by atoms with Crippen LogP contribution in [0.3, 0.4) is 0 Å². The first-order valence-electron chi connectivity index (χ1n) is 5.27. The highest BCUT2D eigenvalue weighted by atomic mass is 32.1. The Kier molecular flexibility index (Phi) is 3.67. The maximum absolute atomic E-state index is 10.9. The van der Waals surface area contributed by atoms with Crippen LogP contribution in [0.2, 0.25) is 0 Å². The Hall–Kier alpha value is -2.54. The molecule has 0 bridgehead atoms. The molecule has 0 radical (unpaired) electrons. The molecule has 0 atom stereocenters. The van der Waals surface area contributed by atoms with Crippen LogP contribution in [0.25, 0.3) is 0 Å². The molecule has 1 aromatic heterocycles. The Labute approximate surface area is 114 Å². The van der Waals surface area contributed by atoms with E-state index in [-0.39, 0.29) is 10.9 Å². The molecule has 0 saturated carbocycles. The molecule has 1 heterocycles. The van der Waals surface area contributed by atoms with E-state index >= 15 is 0 Å². The number of nitrogens with zero attached hydrogens (tertiary/aromatic N) is 2. The van der Waals surface area contributed by atoms with Crippen LogP contribution < -0.4 is 16.2 Å². The summed E-state index contributed by atoms with van der Waals surface area (Å²) in [4.78, 5) is 11.1. The van der Waals surface area contributed by atoms with Crippen molar-refractivity contribution < 1.29 is 9.53 Å². The molecule has 0 aliphatic rings. The molecule has 7 heteroatoms. The van der Waals surface area contributed by atoms with Gasteiger partial charge in [-0.1, -0.05) is 12.2 Å². The quantitative estimate of drug-likeness (QED) is 0.806. The number of hydrogen-bond donors (Lipinski definition) is 2. The van der Waals surface area contributed by atoms with Gasteiger partial charge in [-0.15, -0.1) is 5.10 Å². The first kappa shape index (κ1) is 12.9. The van der Waals surface area contributed by atoms with Gasteiger partial charge in [0.15, 0.2) is 0 Å². The second-order valence-corrected chi connectivity index (χ2v) is 4.04. The Morgan fingerprint density at radius 1 is 1.16 bits per heavy atom. The zero-order valence-corrected chi connectivity index (χ0v) is 10.6. The second kappa shape index (κ2) is 5.40. The Morgan fingerprint density at radius 2 is 1.84 bits per heavy atom. The average molecular weight is 274 g/mol. The molecule has 0 spiro atoms. The third-order valence-electron chi connectivity index (χ3n) is 2.31. The van der Waals surface area contributed by atoms with Crippen LogP contribution >= 0.6 is 12.2 Å². The van der Waals surface area contributed by atoms with Gasteiger partial charge in [0.1, 0.15) is 10.7 Å². The largest absolute Gasteiger partial charge is 0.437 e. The number of carbonyl (C=O) groups is 1. The maximum atomic E-state index is 10.9. The molecule has 2 aromatic rings. The number of aromatic nitrogens is 2. The lowest BCUT2D eigenvalue weighted by atomic mass is 10.2. The highest BCUT2D eigenvalue weighted by molar-refractivity contribution is 7.80. The SMILES string of the molecule is NC(=O)c1ccc(Oc2nnccc2C(N)=S)cc1. The number of nitrogens with two attached hydrogens (primary N) is 2. The van der Waals surface area contributed by atoms with Crippen LogP contribution in [0.15, 0.2) is 36.5 Å². The van der Waals surface area contributed by atoms with Crippen LogP contribution in [-0.4, -0.2) is 21.1 Å². The van der Waals surface area contributed by atoms with E-state index in [1.54, 1.807) is 30.3 Å². The third kappa shape index (κ3) is 3.02. The van der Waals surface area contributed by atoms with Gasteiger partial charge < -0.3 is 16.2 Å². The molecule has 0 aliphatic heterocycles. The van der Waals surface area contributed by atoms with Crippen LogP contribution in [0.1, 0.15) is 15.9 Å². The molecule has 6 nitrogen and oxygen atoms in total. The summed E-state index contributed by atoms with van der Waals surface area (Å²) >= 11 is 4.89. The van der Waals surface area contributed by atoms with Crippen LogP contribution in [0.5, 0.6) is 11.6 Å². The zero-order chi connectivity index (χ0) is 13.8. The fourth-order valence-electron chi connectivity index (χ4n) is 1.38. The highest BCUT2D eigenvalue weighted by Gasteiger charge is 2.09. The predicted octanol–water partition coefficient (Wildman–Crippen LogP) is 1.00. The lowest BCUT2D eigenvalue weighted by Gasteiger charge is -2.08. The Balaban J connectivity index is 2.26. The topological polar surface area (TPSA) is 104 Å². The molecule has 0 unspecified atom stereocenters. The first-order chi connectivity index (χ1) is 9.08. The highest BCUT2D eigenvalue weighted by Crippen LogP contribution is 2.22. The van der Waals surface area contributed by atoms with Gasteiger partial charge in [0, 0.05) is 5.56 Å². The minimum atomic E-state index is -0.505. The van der Waals surface area contributed by atoms with Crippen molar-refractivity contribution in [1.82, 2.24) is 10.2 Å². The second-order valence-electron chi connectivity index (χ2n) is 3.60. The van der Waals surface area contributed by atoms with Crippen molar-refractivity contribution in [2.45, 2.75) is 0 Å². The molecule has 96 valence electrons. The standard InChI is InChI=1S/C12H10N4O2S/c13-10(17)7-1-3-8(4-2-7)18-12-9(11(14)19)5-6-15-16-12/h1-6H,(H2,13,17)(H2,14,19). The van der Waals surface area contributed by atoms with Crippen molar-refractivity contribution >= 4 is 23.1 Å². The summed E-state index contributed by atoms with van der Waals surface area (Å²) in [6.45, 7) is 0. The lowest BCUT2D eigenvalue weighted by molar-refractivity contribution is 0.100. The summed E-state index contributed by atoms with van der Waals surface area (Å²) in [5.74, 6) is 0.180. The van der Waals surface area contributed by atoms with Crippen molar-refractivity contribution in [3.05, 3.63) is 47.7 Å². The van der Waals surface area contributed by atoms with Gasteiger partial charge in [-0.3, -0.25) is 4.79 Å². The molecular weight excluding hydrogens is 264 g/mol. The molecule has 0 aliphatic carbocycles. The fraction of sp³-hybridized carbons (Fsp3) is 0. The normalized spacial score (nSPS) is 9.89. The molecule has 4 N–H and O–H groups in total. The number of benzene rings is 1. The van der Waals surface area contributed by atoms with Gasteiger partial charge in [0.2, 0.25) is 11.8 Å². The number of rotatable bonds is 4. The van der Waals surface area contributed by atoms with Gasteiger partial charge >= 0.3 is 0 Å². The van der Waals surface area contributed by atoms with Gasteiger partial charge in [0.05, 0.1) is 11.8 Å². The minimum absolute atomic E-state index is 0.165. The van der Waals surface area contributed by atoms with E-state index in [1.807, 2.05) is 0 Å². The minimum Gasteiger partial charge on any atom is -0.437 e. The van der Waals surface area contributed by atoms with E-state index in [9.17, 15) is 4.79 Å². The van der Waals surface area contributed by atoms with E-state index in [0.29, 0.717) is 16.9 Å². The number of ether oxygens (including phenoxy) is 1. The molecule has 0 saturated heterocycles. The third-order valence-corrected chi connectivity index (χ3v) is 2.53. The first-order valence-corrected chi connectivity index (χ1v) is 5.68. The number of amides is 1. The molecule has 1 amide bonds. The number of hydrogen-bond acceptors (Lipinski definition) is 5. The van der Waals surface area contributed by atoms with Gasteiger partial charge in [-0.25, -0.2) is 0 Å². The van der Waals surface area contributed by atoms with Crippen molar-refractivity contribution in [3.63, 3.8) is 0 Å². The Bertz CT molecular complexity index is 628. The van der Waals surface area contributed by atoms with E-state index in [0.717, 1.165) is 0 Å². The van der Waals surface area contributed by atoms with E-state index in [2.05, 4.69) is 10.2 Å². The molecule has 2 rings (SSSR count). The molecule has 19 heavy (non-hydrogen) atoms. The maximum Gasteiger partial charge on any atom is 0.249 e. The van der Waals surface area contributed by atoms with Crippen LogP contribution in [0.4, 0.5) is 0 Å². The summed E-state index contributed by atoms with van der Waals surface area (Å²) in [7, 11) is 0. The molecule has 1 aromatic carbocycles. The van der Waals surface area contributed by atoms with Crippen molar-refractivity contribution in [1.29, 1.82) is 0 Å². The van der Waals surface area contributed by atoms with Gasteiger partial charge in [0.25, 0.3) is 0 Å². The predicted molar refractivity (Wildman–Crippen MR) is 73.0 cm³/mol. The van der Waals surface area contributed by atoms with Gasteiger partial charge in [-0.05, 0) is 30.3 Å². The van der Waals surface area contributed by atoms with Gasteiger partial charge in [-0.2, -0.15) is 5.10 Å². The smallest absolute Gasteiger partial charge is 0.249 e. The van der Waals surface area contributed by atoms with Crippen molar-refractivity contribution in [2.24, 2.45) is 11.5 Å². The van der Waals surface area contributed by atoms with Crippen LogP contribution in [-0.2, 0) is 0 Å². The molecular formula is C12H10N4O2S. The van der Waals surface area contributed by atoms with Crippen molar-refractivity contribution in [3.8, 4) is 11.6 Å². The zero-order valence-electron chi connectivity index (χ0n) is 9.74. The average Bonchev–Trinajstić information content (AvgIpc) is 2.39. The summed E-state index contributed by atoms with van der Waals surface area (Å²) in [5, 5.41) is 7.53. The summed E-state index contributed by atoms with van der Waals surface area (Å²) in [6.07, 6.45) is 1.47. The summed E-state index contributed by atoms with van der Waals surface area (Å²) in [5.41, 5.74) is 11.6. The fourth-order valence-corrected chi connectivity index (χ4v) is 1.54. The number of thiocarbonyl (C=S) groups is 1. The number of primary amides is 1. The number of carbonyl (C=O) groups excluding carboxylic acids is 1.